The van der Waals surface area contributed by atoms with Gasteiger partial charge in [-0.1, -0.05) is 84.0 Å². The largest absolute Gasteiger partial charge is 0.163 e. The predicted octanol–water partition coefficient (Wildman–Crippen LogP) is 6.29. The van der Waals surface area contributed by atoms with Gasteiger partial charge in [0.05, 0.1) is 5.71 Å². The lowest BCUT2D eigenvalue weighted by Crippen LogP contribution is -1.98. The van der Waals surface area contributed by atoms with Crippen molar-refractivity contribution in [1.29, 1.82) is 0 Å². The number of nitrogens with zero attached hydrogens (tertiary/aromatic N) is 3. The molecule has 0 amide bonds. The van der Waals surface area contributed by atoms with Crippen molar-refractivity contribution in [3.8, 4) is 0 Å². The van der Waals surface area contributed by atoms with Crippen LogP contribution in [0.2, 0.25) is 0 Å². The second kappa shape index (κ2) is 13.3. The molecule has 0 atom stereocenters. The predicted molar refractivity (Wildman–Crippen MR) is 87.5 cm³/mol. The Bertz CT molecular complexity index is 271. The van der Waals surface area contributed by atoms with Gasteiger partial charge >= 0.3 is 0 Å². The summed E-state index contributed by atoms with van der Waals surface area (Å²) in [6.45, 7) is 3.03. The average Bonchev–Trinajstić information content (AvgIpc) is 2.97. The molecular weight excluding hydrogens is 246 g/mol. The highest BCUT2D eigenvalue weighted by Crippen LogP contribution is 2.13. The summed E-state index contributed by atoms with van der Waals surface area (Å²) < 4.78 is 0. The molecule has 1 rings (SSSR count). The first-order valence-electron chi connectivity index (χ1n) is 8.85. The molecule has 0 unspecified atom stereocenters. The zero-order chi connectivity index (χ0) is 14.3. The maximum Gasteiger partial charge on any atom is 0.102 e. The lowest BCUT2D eigenvalue weighted by atomic mass is 10.0. The Morgan fingerprint density at radius 1 is 0.700 bits per heavy atom. The number of hydrogen-bond acceptors (Lipinski definition) is 3. The molecule has 0 radical (unpaired) electrons. The van der Waals surface area contributed by atoms with Gasteiger partial charge in [-0.05, 0) is 18.1 Å². The van der Waals surface area contributed by atoms with Crippen LogP contribution in [0.15, 0.2) is 15.4 Å². The van der Waals surface area contributed by atoms with Crippen LogP contribution in [0, 0.1) is 0 Å². The molecule has 3 heteroatoms. The maximum atomic E-state index is 4.00. The number of unbranched alkanes of at least 4 members (excludes halogenated alkanes) is 12. The Morgan fingerprint density at radius 3 is 1.65 bits per heavy atom. The Labute approximate surface area is 125 Å². The van der Waals surface area contributed by atoms with E-state index in [4.69, 9.17) is 0 Å². The van der Waals surface area contributed by atoms with Crippen molar-refractivity contribution >= 4 is 5.71 Å². The fraction of sp³-hybridized carbons (Fsp3) is 0.941. The Kier molecular flexibility index (Phi) is 11.5. The molecule has 1 aliphatic rings. The molecule has 0 spiro atoms. The van der Waals surface area contributed by atoms with Gasteiger partial charge in [0, 0.05) is 0 Å². The van der Waals surface area contributed by atoms with E-state index >= 15 is 0 Å². The molecule has 116 valence electrons. The molecule has 1 aliphatic heterocycles. The third-order valence-electron chi connectivity index (χ3n) is 4.07. The molecule has 20 heavy (non-hydrogen) atoms. The zero-order valence-electron chi connectivity index (χ0n) is 13.4. The van der Waals surface area contributed by atoms with Crippen LogP contribution in [-0.4, -0.2) is 12.3 Å². The molecule has 3 nitrogen and oxygen atoms in total. The van der Waals surface area contributed by atoms with Crippen LogP contribution in [0.3, 0.4) is 0 Å². The normalized spacial score (nSPS) is 13.9. The van der Waals surface area contributed by atoms with Gasteiger partial charge in [-0.15, -0.1) is 5.10 Å². The summed E-state index contributed by atoms with van der Waals surface area (Å²) in [5.74, 6) is 0. The first-order chi connectivity index (χ1) is 9.93. The minimum atomic E-state index is 0.748. The fourth-order valence-electron chi connectivity index (χ4n) is 2.72. The van der Waals surface area contributed by atoms with E-state index in [1.807, 2.05) is 0 Å². The molecule has 0 aromatic carbocycles. The molecular formula is C17H33N3. The minimum absolute atomic E-state index is 0.748. The van der Waals surface area contributed by atoms with Gasteiger partial charge in [-0.3, -0.25) is 0 Å². The highest BCUT2D eigenvalue weighted by Gasteiger charge is 2.02. The quantitative estimate of drug-likeness (QED) is 0.335. The van der Waals surface area contributed by atoms with E-state index in [0.29, 0.717) is 0 Å². The van der Waals surface area contributed by atoms with Crippen molar-refractivity contribution in [3.63, 3.8) is 0 Å². The summed E-state index contributed by atoms with van der Waals surface area (Å²) in [5.41, 5.74) is 1.17. The van der Waals surface area contributed by atoms with Crippen LogP contribution in [0.4, 0.5) is 0 Å². The van der Waals surface area contributed by atoms with Gasteiger partial charge in [0.25, 0.3) is 0 Å². The Hall–Kier alpha value is -0.730. The third-order valence-corrected chi connectivity index (χ3v) is 4.07. The average molecular weight is 279 g/mol. The van der Waals surface area contributed by atoms with E-state index in [1.165, 1.54) is 89.2 Å². The van der Waals surface area contributed by atoms with E-state index in [1.54, 1.807) is 0 Å². The van der Waals surface area contributed by atoms with Crippen LogP contribution in [0.5, 0.6) is 0 Å². The second-order valence-corrected chi connectivity index (χ2v) is 6.05. The molecule has 0 aromatic heterocycles. The molecule has 1 heterocycles. The van der Waals surface area contributed by atoms with Gasteiger partial charge in [0.2, 0.25) is 0 Å². The molecule has 0 aliphatic carbocycles. The topological polar surface area (TPSA) is 37.1 Å². The molecule has 0 bridgehead atoms. The molecule has 0 fully saturated rings. The van der Waals surface area contributed by atoms with Crippen molar-refractivity contribution in [3.05, 3.63) is 0 Å². The van der Waals surface area contributed by atoms with Crippen molar-refractivity contribution in [2.45, 2.75) is 96.8 Å². The monoisotopic (exact) mass is 279 g/mol. The second-order valence-electron chi connectivity index (χ2n) is 6.05. The Balaban J connectivity index is 1.68. The van der Waals surface area contributed by atoms with Gasteiger partial charge in [-0.2, -0.15) is 5.11 Å². The van der Waals surface area contributed by atoms with E-state index in [9.17, 15) is 0 Å². The van der Waals surface area contributed by atoms with Crippen LogP contribution in [-0.2, 0) is 0 Å². The molecule has 0 N–H and O–H groups in total. The van der Waals surface area contributed by atoms with Crippen molar-refractivity contribution in [1.82, 2.24) is 0 Å². The lowest BCUT2D eigenvalue weighted by Gasteiger charge is -2.03. The van der Waals surface area contributed by atoms with Crippen LogP contribution in [0.25, 0.3) is 0 Å². The van der Waals surface area contributed by atoms with Gasteiger partial charge in [-0.25, -0.2) is 0 Å². The number of hydrogen-bond donors (Lipinski definition) is 0. The van der Waals surface area contributed by atoms with Gasteiger partial charge < -0.3 is 0 Å². The SMILES string of the molecule is CCCCCCCCCCCCCCCC1=NN=NC1. The fourth-order valence-corrected chi connectivity index (χ4v) is 2.72. The van der Waals surface area contributed by atoms with Crippen molar-refractivity contribution < 1.29 is 0 Å². The third kappa shape index (κ3) is 10.1. The summed E-state index contributed by atoms with van der Waals surface area (Å²) in [6, 6.07) is 0. The molecule has 0 aromatic rings. The van der Waals surface area contributed by atoms with Gasteiger partial charge in [0.1, 0.15) is 6.54 Å². The first-order valence-corrected chi connectivity index (χ1v) is 8.85. The van der Waals surface area contributed by atoms with E-state index in [2.05, 4.69) is 22.4 Å². The highest BCUT2D eigenvalue weighted by molar-refractivity contribution is 5.86. The molecule has 0 saturated carbocycles. The lowest BCUT2D eigenvalue weighted by molar-refractivity contribution is 0.541. The van der Waals surface area contributed by atoms with Gasteiger partial charge in [0.15, 0.2) is 0 Å². The van der Waals surface area contributed by atoms with Crippen molar-refractivity contribution in [2.75, 3.05) is 6.54 Å². The summed E-state index contributed by atoms with van der Waals surface area (Å²) in [6.07, 6.45) is 19.4. The highest BCUT2D eigenvalue weighted by atomic mass is 15.4. The number of rotatable bonds is 14. The summed E-state index contributed by atoms with van der Waals surface area (Å²) >= 11 is 0. The Morgan fingerprint density at radius 2 is 1.20 bits per heavy atom. The molecule has 0 saturated heterocycles. The zero-order valence-corrected chi connectivity index (χ0v) is 13.4. The summed E-state index contributed by atoms with van der Waals surface area (Å²) in [7, 11) is 0. The van der Waals surface area contributed by atoms with Crippen LogP contribution in [0.1, 0.15) is 96.8 Å². The van der Waals surface area contributed by atoms with Crippen LogP contribution < -0.4 is 0 Å². The van der Waals surface area contributed by atoms with E-state index in [-0.39, 0.29) is 0 Å². The summed E-state index contributed by atoms with van der Waals surface area (Å²) in [4.78, 5) is 0. The van der Waals surface area contributed by atoms with Crippen LogP contribution >= 0.6 is 0 Å². The summed E-state index contributed by atoms with van der Waals surface area (Å²) in [5, 5.41) is 11.5. The van der Waals surface area contributed by atoms with E-state index < -0.39 is 0 Å². The first kappa shape index (κ1) is 17.3. The van der Waals surface area contributed by atoms with Crippen molar-refractivity contribution in [2.24, 2.45) is 15.4 Å². The van der Waals surface area contributed by atoms with E-state index in [0.717, 1.165) is 13.0 Å². The standard InChI is InChI=1S/C17H33N3/c1-2-3-4-5-6-7-8-9-10-11-12-13-14-15-17-16-18-20-19-17/h2-16H2,1H3. The maximum absolute atomic E-state index is 4.00. The minimum Gasteiger partial charge on any atom is -0.163 e. The smallest absolute Gasteiger partial charge is 0.102 e.